The van der Waals surface area contributed by atoms with Crippen LogP contribution in [0.3, 0.4) is 0 Å². The van der Waals surface area contributed by atoms with Crippen LogP contribution in [0.5, 0.6) is 5.75 Å². The Morgan fingerprint density at radius 3 is 2.57 bits per heavy atom. The molecule has 0 saturated heterocycles. The summed E-state index contributed by atoms with van der Waals surface area (Å²) < 4.78 is 5.87. The van der Waals surface area contributed by atoms with Gasteiger partial charge in [-0.1, -0.05) is 40.2 Å². The lowest BCUT2D eigenvalue weighted by Gasteiger charge is -2.12. The van der Waals surface area contributed by atoms with Crippen molar-refractivity contribution in [3.8, 4) is 5.75 Å². The van der Waals surface area contributed by atoms with E-state index in [1.807, 2.05) is 24.3 Å². The lowest BCUT2D eigenvalue weighted by molar-refractivity contribution is -0.384. The van der Waals surface area contributed by atoms with Crippen molar-refractivity contribution in [1.82, 2.24) is 5.32 Å². The molecule has 1 amide bonds. The van der Waals surface area contributed by atoms with Crippen molar-refractivity contribution < 1.29 is 14.5 Å². The summed E-state index contributed by atoms with van der Waals surface area (Å²) in [7, 11) is 1.42. The minimum atomic E-state index is -0.558. The third-order valence-electron chi connectivity index (χ3n) is 3.99. The van der Waals surface area contributed by atoms with Crippen molar-refractivity contribution in [2.75, 3.05) is 12.4 Å². The van der Waals surface area contributed by atoms with Crippen molar-refractivity contribution in [1.29, 1.82) is 0 Å². The van der Waals surface area contributed by atoms with Gasteiger partial charge in [0, 0.05) is 10.0 Å². The number of methoxy groups -OCH3 is 1. The standard InChI is InChI=1S/C19H14BrN3O4S/c1-27-11-8-9-16(17(10-11)23(25)26)21-19(28)22-18(24)14-6-2-5-13-12(14)4-3-7-15(13)20/h2-10H,1H3,(H2,21,22,24,28). The Labute approximate surface area is 174 Å². The van der Waals surface area contributed by atoms with Gasteiger partial charge in [0.2, 0.25) is 0 Å². The second-order valence-electron chi connectivity index (χ2n) is 5.69. The predicted molar refractivity (Wildman–Crippen MR) is 115 cm³/mol. The molecule has 2 N–H and O–H groups in total. The number of carbonyl (C=O) groups excluding carboxylic acids is 1. The number of carbonyl (C=O) groups is 1. The number of rotatable bonds is 4. The molecule has 0 aliphatic carbocycles. The molecule has 3 aromatic carbocycles. The van der Waals surface area contributed by atoms with Gasteiger partial charge in [-0.15, -0.1) is 0 Å². The fourth-order valence-electron chi connectivity index (χ4n) is 2.69. The second-order valence-corrected chi connectivity index (χ2v) is 6.95. The van der Waals surface area contributed by atoms with Crippen LogP contribution in [0.4, 0.5) is 11.4 Å². The first-order valence-electron chi connectivity index (χ1n) is 8.02. The Morgan fingerprint density at radius 2 is 1.86 bits per heavy atom. The van der Waals surface area contributed by atoms with Gasteiger partial charge >= 0.3 is 0 Å². The van der Waals surface area contributed by atoms with Crippen LogP contribution in [-0.2, 0) is 0 Å². The molecule has 0 aliphatic rings. The minimum Gasteiger partial charge on any atom is -0.496 e. The van der Waals surface area contributed by atoms with Gasteiger partial charge in [0.15, 0.2) is 5.11 Å². The molecule has 0 aliphatic heterocycles. The maximum atomic E-state index is 12.7. The molecule has 0 fully saturated rings. The van der Waals surface area contributed by atoms with Crippen molar-refractivity contribution in [2.45, 2.75) is 0 Å². The lowest BCUT2D eigenvalue weighted by atomic mass is 10.0. The molecular weight excluding hydrogens is 446 g/mol. The van der Waals surface area contributed by atoms with Crippen LogP contribution < -0.4 is 15.4 Å². The highest BCUT2D eigenvalue weighted by Crippen LogP contribution is 2.29. The zero-order valence-electron chi connectivity index (χ0n) is 14.6. The Bertz CT molecular complexity index is 1100. The van der Waals surface area contributed by atoms with Crippen LogP contribution in [0.1, 0.15) is 10.4 Å². The van der Waals surface area contributed by atoms with Crippen molar-refractivity contribution in [2.24, 2.45) is 0 Å². The number of thiocarbonyl (C=S) groups is 1. The van der Waals surface area contributed by atoms with E-state index >= 15 is 0 Å². The van der Waals surface area contributed by atoms with Gasteiger partial charge < -0.3 is 10.1 Å². The smallest absolute Gasteiger partial charge is 0.296 e. The number of nitrogens with one attached hydrogen (secondary N) is 2. The molecule has 3 aromatic rings. The summed E-state index contributed by atoms with van der Waals surface area (Å²) in [4.78, 5) is 23.4. The maximum Gasteiger partial charge on any atom is 0.296 e. The fraction of sp³-hybridized carbons (Fsp3) is 0.0526. The molecule has 0 saturated carbocycles. The minimum absolute atomic E-state index is 0.0507. The molecule has 0 radical (unpaired) electrons. The van der Waals surface area contributed by atoms with E-state index in [-0.39, 0.29) is 16.5 Å². The highest BCUT2D eigenvalue weighted by atomic mass is 79.9. The van der Waals surface area contributed by atoms with Crippen molar-refractivity contribution in [3.63, 3.8) is 0 Å². The first kappa shape index (κ1) is 19.7. The Kier molecular flexibility index (Phi) is 5.86. The lowest BCUT2D eigenvalue weighted by Crippen LogP contribution is -2.34. The van der Waals surface area contributed by atoms with Gasteiger partial charge in [-0.05, 0) is 47.3 Å². The number of amides is 1. The Morgan fingerprint density at radius 1 is 1.14 bits per heavy atom. The molecule has 0 bridgehead atoms. The van der Waals surface area contributed by atoms with Gasteiger partial charge in [0.05, 0.1) is 18.1 Å². The summed E-state index contributed by atoms with van der Waals surface area (Å²) in [5.41, 5.74) is 0.369. The van der Waals surface area contributed by atoms with Gasteiger partial charge in [0.1, 0.15) is 11.4 Å². The number of nitro groups is 1. The number of halogens is 1. The third-order valence-corrected chi connectivity index (χ3v) is 4.89. The zero-order valence-corrected chi connectivity index (χ0v) is 17.0. The third kappa shape index (κ3) is 4.10. The molecule has 0 atom stereocenters. The van der Waals surface area contributed by atoms with Crippen LogP contribution in [0, 0.1) is 10.1 Å². The molecule has 0 heterocycles. The average molecular weight is 460 g/mol. The fourth-order valence-corrected chi connectivity index (χ4v) is 3.39. The summed E-state index contributed by atoms with van der Waals surface area (Å²) in [6.45, 7) is 0. The number of hydrogen-bond donors (Lipinski definition) is 2. The number of benzene rings is 3. The SMILES string of the molecule is COc1ccc(NC(=S)NC(=O)c2cccc3c(Br)cccc23)c([N+](=O)[O-])c1. The number of fused-ring (bicyclic) bond motifs is 1. The van der Waals surface area contributed by atoms with E-state index < -0.39 is 10.8 Å². The highest BCUT2D eigenvalue weighted by molar-refractivity contribution is 9.10. The van der Waals surface area contributed by atoms with E-state index in [9.17, 15) is 14.9 Å². The first-order valence-corrected chi connectivity index (χ1v) is 9.23. The molecule has 0 unspecified atom stereocenters. The molecular formula is C19H14BrN3O4S. The molecule has 3 rings (SSSR count). The number of nitro benzene ring substituents is 1. The number of ether oxygens (including phenoxy) is 1. The molecule has 142 valence electrons. The molecule has 0 spiro atoms. The average Bonchev–Trinajstić information content (AvgIpc) is 2.68. The summed E-state index contributed by atoms with van der Waals surface area (Å²) in [5.74, 6) is -0.0779. The van der Waals surface area contributed by atoms with Crippen LogP contribution in [0.25, 0.3) is 10.8 Å². The molecule has 28 heavy (non-hydrogen) atoms. The topological polar surface area (TPSA) is 93.5 Å². The number of nitrogens with zero attached hydrogens (tertiary/aromatic N) is 1. The van der Waals surface area contributed by atoms with E-state index in [0.717, 1.165) is 15.2 Å². The van der Waals surface area contributed by atoms with E-state index in [0.29, 0.717) is 11.3 Å². The molecule has 7 nitrogen and oxygen atoms in total. The summed E-state index contributed by atoms with van der Waals surface area (Å²) >= 11 is 8.63. The van der Waals surface area contributed by atoms with Gasteiger partial charge in [-0.3, -0.25) is 20.2 Å². The number of hydrogen-bond acceptors (Lipinski definition) is 5. The molecule has 9 heteroatoms. The summed E-state index contributed by atoms with van der Waals surface area (Å²) in [5, 5.41) is 18.1. The molecule has 0 aromatic heterocycles. The number of anilines is 1. The first-order chi connectivity index (χ1) is 13.4. The second kappa shape index (κ2) is 8.32. The monoisotopic (exact) mass is 459 g/mol. The van der Waals surface area contributed by atoms with E-state index in [2.05, 4.69) is 26.6 Å². The van der Waals surface area contributed by atoms with Crippen LogP contribution >= 0.6 is 28.1 Å². The van der Waals surface area contributed by atoms with E-state index in [1.54, 1.807) is 18.2 Å². The Hall–Kier alpha value is -3.04. The summed E-state index contributed by atoms with van der Waals surface area (Å²) in [6, 6.07) is 15.2. The van der Waals surface area contributed by atoms with Crippen molar-refractivity contribution in [3.05, 3.63) is 74.7 Å². The largest absolute Gasteiger partial charge is 0.496 e. The predicted octanol–water partition coefficient (Wildman–Crippen LogP) is 4.65. The van der Waals surface area contributed by atoms with E-state index in [1.165, 1.54) is 19.2 Å². The van der Waals surface area contributed by atoms with Crippen LogP contribution in [-0.4, -0.2) is 23.1 Å². The van der Waals surface area contributed by atoms with Gasteiger partial charge in [-0.2, -0.15) is 0 Å². The Balaban J connectivity index is 1.82. The van der Waals surface area contributed by atoms with Crippen molar-refractivity contribution >= 4 is 61.3 Å². The summed E-state index contributed by atoms with van der Waals surface area (Å²) in [6.07, 6.45) is 0. The van der Waals surface area contributed by atoms with Gasteiger partial charge in [-0.25, -0.2) is 0 Å². The van der Waals surface area contributed by atoms with Crippen LogP contribution in [0.15, 0.2) is 59.1 Å². The highest BCUT2D eigenvalue weighted by Gasteiger charge is 2.18. The zero-order chi connectivity index (χ0) is 20.3. The van der Waals surface area contributed by atoms with E-state index in [4.69, 9.17) is 17.0 Å². The van der Waals surface area contributed by atoms with Gasteiger partial charge in [0.25, 0.3) is 11.6 Å². The quantitative estimate of drug-likeness (QED) is 0.335. The normalized spacial score (nSPS) is 10.4. The maximum absolute atomic E-state index is 12.7. The van der Waals surface area contributed by atoms with Crippen LogP contribution in [0.2, 0.25) is 0 Å².